The molecule has 1 aliphatic heterocycles. The Balaban J connectivity index is 1.68. The molecule has 3 atom stereocenters. The van der Waals surface area contributed by atoms with Crippen molar-refractivity contribution in [3.05, 3.63) is 65.7 Å². The van der Waals surface area contributed by atoms with Crippen LogP contribution in [0, 0.1) is 5.92 Å². The summed E-state index contributed by atoms with van der Waals surface area (Å²) in [6, 6.07) is 16.2. The number of carbonyl (C=O) groups is 2. The average molecular weight is 369 g/mol. The molecular weight excluding hydrogens is 346 g/mol. The highest BCUT2D eigenvalue weighted by Crippen LogP contribution is 2.29. The van der Waals surface area contributed by atoms with Crippen molar-refractivity contribution in [2.75, 3.05) is 7.11 Å². The Labute approximate surface area is 158 Å². The van der Waals surface area contributed by atoms with Gasteiger partial charge in [0.15, 0.2) is 0 Å². The fraction of sp³-hybridized carbons (Fsp3) is 0.333. The van der Waals surface area contributed by atoms with Crippen LogP contribution in [0.25, 0.3) is 0 Å². The molecule has 0 saturated carbocycles. The summed E-state index contributed by atoms with van der Waals surface area (Å²) < 4.78 is 10.6. The zero-order valence-corrected chi connectivity index (χ0v) is 15.4. The van der Waals surface area contributed by atoms with Crippen molar-refractivity contribution in [2.45, 2.75) is 32.2 Å². The normalized spacial score (nSPS) is 22.4. The van der Waals surface area contributed by atoms with Crippen molar-refractivity contribution in [3.63, 3.8) is 0 Å². The molecule has 0 N–H and O–H groups in total. The summed E-state index contributed by atoms with van der Waals surface area (Å²) in [4.78, 5) is 30.0. The van der Waals surface area contributed by atoms with Crippen molar-refractivity contribution in [1.29, 1.82) is 0 Å². The lowest BCUT2D eigenvalue weighted by atomic mass is 9.97. The minimum absolute atomic E-state index is 0.123. The predicted octanol–water partition coefficient (Wildman–Crippen LogP) is 2.76. The number of methoxy groups -OCH3 is 1. The molecule has 0 spiro atoms. The van der Waals surface area contributed by atoms with Gasteiger partial charge in [-0.15, -0.1) is 0 Å². The van der Waals surface area contributed by atoms with Crippen molar-refractivity contribution in [3.8, 4) is 5.75 Å². The number of rotatable bonds is 7. The molecule has 6 nitrogen and oxygen atoms in total. The molecule has 3 rings (SSSR count). The number of hydrogen-bond acceptors (Lipinski definition) is 6. The first-order valence-electron chi connectivity index (χ1n) is 8.84. The van der Waals surface area contributed by atoms with E-state index in [1.54, 1.807) is 31.2 Å². The SMILES string of the molecule is COc1ccc(COC(=O)[C@H]2[C@H](C=O)[C@@H](C)ON2Cc2ccccc2)cc1. The average Bonchev–Trinajstić information content (AvgIpc) is 3.02. The van der Waals surface area contributed by atoms with Gasteiger partial charge in [-0.25, -0.2) is 0 Å². The van der Waals surface area contributed by atoms with Gasteiger partial charge in [0.1, 0.15) is 24.7 Å². The van der Waals surface area contributed by atoms with Crippen LogP contribution in [0.2, 0.25) is 0 Å². The molecule has 1 heterocycles. The number of benzene rings is 2. The lowest BCUT2D eigenvalue weighted by Gasteiger charge is -2.22. The molecule has 2 aromatic carbocycles. The maximum absolute atomic E-state index is 12.7. The third kappa shape index (κ3) is 4.53. The Kier molecular flexibility index (Phi) is 6.21. The molecule has 0 amide bonds. The van der Waals surface area contributed by atoms with E-state index in [1.807, 2.05) is 42.5 Å². The van der Waals surface area contributed by atoms with E-state index in [4.69, 9.17) is 14.3 Å². The van der Waals surface area contributed by atoms with E-state index in [1.165, 1.54) is 0 Å². The van der Waals surface area contributed by atoms with Crippen LogP contribution in [-0.4, -0.2) is 36.6 Å². The Bertz CT molecular complexity index is 762. The number of hydrogen-bond donors (Lipinski definition) is 0. The van der Waals surface area contributed by atoms with Crippen LogP contribution in [0.5, 0.6) is 5.75 Å². The molecule has 142 valence electrons. The van der Waals surface area contributed by atoms with Crippen LogP contribution >= 0.6 is 0 Å². The van der Waals surface area contributed by atoms with Gasteiger partial charge in [0.2, 0.25) is 0 Å². The van der Waals surface area contributed by atoms with Crippen molar-refractivity contribution in [1.82, 2.24) is 5.06 Å². The van der Waals surface area contributed by atoms with Crippen LogP contribution in [-0.2, 0) is 32.3 Å². The van der Waals surface area contributed by atoms with Gasteiger partial charge >= 0.3 is 5.97 Å². The summed E-state index contributed by atoms with van der Waals surface area (Å²) in [7, 11) is 1.59. The molecule has 1 saturated heterocycles. The number of carbonyl (C=O) groups excluding carboxylic acids is 2. The van der Waals surface area contributed by atoms with Crippen LogP contribution < -0.4 is 4.74 Å². The minimum atomic E-state index is -0.768. The van der Waals surface area contributed by atoms with E-state index in [0.29, 0.717) is 6.54 Å². The highest BCUT2D eigenvalue weighted by Gasteiger charge is 2.46. The smallest absolute Gasteiger partial charge is 0.326 e. The van der Waals surface area contributed by atoms with E-state index in [0.717, 1.165) is 23.2 Å². The number of nitrogens with zero attached hydrogens (tertiary/aromatic N) is 1. The van der Waals surface area contributed by atoms with Crippen LogP contribution in [0.15, 0.2) is 54.6 Å². The number of hydroxylamine groups is 2. The predicted molar refractivity (Wildman–Crippen MR) is 98.7 cm³/mol. The van der Waals surface area contributed by atoms with Gasteiger partial charge < -0.3 is 14.3 Å². The van der Waals surface area contributed by atoms with Crippen LogP contribution in [0.1, 0.15) is 18.1 Å². The molecule has 1 aliphatic rings. The second-order valence-electron chi connectivity index (χ2n) is 6.49. The zero-order valence-electron chi connectivity index (χ0n) is 15.4. The van der Waals surface area contributed by atoms with Gasteiger partial charge in [0.05, 0.1) is 25.7 Å². The second kappa shape index (κ2) is 8.79. The van der Waals surface area contributed by atoms with Gasteiger partial charge in [-0.1, -0.05) is 42.5 Å². The Morgan fingerprint density at radius 2 is 1.81 bits per heavy atom. The number of esters is 1. The first kappa shape index (κ1) is 19.1. The van der Waals surface area contributed by atoms with E-state index >= 15 is 0 Å². The summed E-state index contributed by atoms with van der Waals surface area (Å²) in [5.41, 5.74) is 1.83. The van der Waals surface area contributed by atoms with Gasteiger partial charge in [0.25, 0.3) is 0 Å². The molecule has 0 aromatic heterocycles. The van der Waals surface area contributed by atoms with Crippen molar-refractivity contribution < 1.29 is 23.9 Å². The quantitative estimate of drug-likeness (QED) is 0.552. The third-order valence-corrected chi connectivity index (χ3v) is 4.64. The largest absolute Gasteiger partial charge is 0.497 e. The maximum atomic E-state index is 12.7. The van der Waals surface area contributed by atoms with Crippen molar-refractivity contribution >= 4 is 12.3 Å². The van der Waals surface area contributed by atoms with E-state index in [-0.39, 0.29) is 12.7 Å². The van der Waals surface area contributed by atoms with Gasteiger partial charge in [-0.2, -0.15) is 5.06 Å². The monoisotopic (exact) mass is 369 g/mol. The van der Waals surface area contributed by atoms with Crippen molar-refractivity contribution in [2.24, 2.45) is 5.92 Å². The molecule has 1 fully saturated rings. The topological polar surface area (TPSA) is 65.1 Å². The second-order valence-corrected chi connectivity index (χ2v) is 6.49. The number of aldehydes is 1. The van der Waals surface area contributed by atoms with Gasteiger partial charge in [-0.3, -0.25) is 9.63 Å². The lowest BCUT2D eigenvalue weighted by Crippen LogP contribution is -2.40. The summed E-state index contributed by atoms with van der Waals surface area (Å²) in [5, 5.41) is 1.55. The molecule has 0 bridgehead atoms. The van der Waals surface area contributed by atoms with Crippen LogP contribution in [0.3, 0.4) is 0 Å². The molecule has 27 heavy (non-hydrogen) atoms. The first-order chi connectivity index (χ1) is 13.1. The standard InChI is InChI=1S/C21H23NO5/c1-15-19(13-23)20(22(27-15)12-16-6-4-3-5-7-16)21(24)26-14-17-8-10-18(25-2)11-9-17/h3-11,13,15,19-20H,12,14H2,1-2H3/t15-,19-,20-/m1/s1. The lowest BCUT2D eigenvalue weighted by molar-refractivity contribution is -0.185. The van der Waals surface area contributed by atoms with E-state index in [2.05, 4.69) is 0 Å². The summed E-state index contributed by atoms with van der Waals surface area (Å²) in [5.74, 6) is -0.307. The molecular formula is C21H23NO5. The molecule has 2 aromatic rings. The van der Waals surface area contributed by atoms with Crippen LogP contribution in [0.4, 0.5) is 0 Å². The van der Waals surface area contributed by atoms with E-state index in [9.17, 15) is 9.59 Å². The fourth-order valence-electron chi connectivity index (χ4n) is 3.12. The Morgan fingerprint density at radius 1 is 1.11 bits per heavy atom. The Morgan fingerprint density at radius 3 is 2.44 bits per heavy atom. The van der Waals surface area contributed by atoms with Gasteiger partial charge in [-0.05, 0) is 30.2 Å². The first-order valence-corrected chi connectivity index (χ1v) is 8.84. The van der Waals surface area contributed by atoms with Gasteiger partial charge in [0, 0.05) is 0 Å². The van der Waals surface area contributed by atoms with E-state index < -0.39 is 17.9 Å². The zero-order chi connectivity index (χ0) is 19.2. The highest BCUT2D eigenvalue weighted by atomic mass is 16.7. The summed E-state index contributed by atoms with van der Waals surface area (Å²) >= 11 is 0. The third-order valence-electron chi connectivity index (χ3n) is 4.64. The molecule has 0 radical (unpaired) electrons. The number of ether oxygens (including phenoxy) is 2. The maximum Gasteiger partial charge on any atom is 0.326 e. The minimum Gasteiger partial charge on any atom is -0.497 e. The highest BCUT2D eigenvalue weighted by molar-refractivity contribution is 5.80. The fourth-order valence-corrected chi connectivity index (χ4v) is 3.12. The molecule has 0 unspecified atom stereocenters. The molecule has 6 heteroatoms. The summed E-state index contributed by atoms with van der Waals surface area (Å²) in [6.07, 6.45) is 0.388. The Hall–Kier alpha value is -2.70. The summed E-state index contributed by atoms with van der Waals surface area (Å²) in [6.45, 7) is 2.31. The molecule has 0 aliphatic carbocycles.